The van der Waals surface area contributed by atoms with Crippen molar-refractivity contribution in [3.05, 3.63) is 64.7 Å². The number of aliphatic hydroxyl groups is 1. The summed E-state index contributed by atoms with van der Waals surface area (Å²) in [5.41, 5.74) is 6.96. The Kier molecular flexibility index (Phi) is 3.30. The van der Waals surface area contributed by atoms with Crippen LogP contribution in [-0.4, -0.2) is 5.11 Å². The predicted octanol–water partition coefficient (Wildman–Crippen LogP) is 2.94. The second-order valence-electron chi connectivity index (χ2n) is 4.20. The third kappa shape index (κ3) is 2.33. The van der Waals surface area contributed by atoms with Gasteiger partial charge in [0.05, 0.1) is 0 Å². The number of anilines is 1. The molecule has 0 aromatic heterocycles. The molecule has 3 N–H and O–H groups in total. The van der Waals surface area contributed by atoms with Crippen LogP contribution < -0.4 is 5.73 Å². The van der Waals surface area contributed by atoms with E-state index in [1.165, 1.54) is 24.3 Å². The van der Waals surface area contributed by atoms with Crippen LogP contribution in [0.15, 0.2) is 36.4 Å². The minimum atomic E-state index is -1.28. The number of rotatable bonds is 2. The SMILES string of the molecule is Cc1ccc(F)c(C(O)c2cc(F)ccc2N)c1. The fraction of sp³-hybridized carbons (Fsp3) is 0.143. The normalized spacial score (nSPS) is 12.4. The summed E-state index contributed by atoms with van der Waals surface area (Å²) in [5, 5.41) is 10.1. The van der Waals surface area contributed by atoms with Gasteiger partial charge in [0.15, 0.2) is 0 Å². The van der Waals surface area contributed by atoms with Crippen LogP contribution in [0.3, 0.4) is 0 Å². The van der Waals surface area contributed by atoms with Crippen molar-refractivity contribution >= 4 is 5.69 Å². The zero-order valence-corrected chi connectivity index (χ0v) is 9.82. The number of hydrogen-bond donors (Lipinski definition) is 2. The van der Waals surface area contributed by atoms with Crippen LogP contribution in [0.2, 0.25) is 0 Å². The van der Waals surface area contributed by atoms with Gasteiger partial charge >= 0.3 is 0 Å². The Hall–Kier alpha value is -1.94. The minimum absolute atomic E-state index is 0.0901. The summed E-state index contributed by atoms with van der Waals surface area (Å²) in [6, 6.07) is 8.04. The van der Waals surface area contributed by atoms with Crippen LogP contribution >= 0.6 is 0 Å². The molecular weight excluding hydrogens is 236 g/mol. The molecule has 0 amide bonds. The molecule has 94 valence electrons. The molecular formula is C14H13F2NO. The van der Waals surface area contributed by atoms with Crippen molar-refractivity contribution in [2.24, 2.45) is 0 Å². The summed E-state index contributed by atoms with van der Waals surface area (Å²) >= 11 is 0. The zero-order chi connectivity index (χ0) is 13.3. The van der Waals surface area contributed by atoms with E-state index in [0.29, 0.717) is 0 Å². The van der Waals surface area contributed by atoms with Crippen molar-refractivity contribution < 1.29 is 13.9 Å². The molecule has 0 aliphatic rings. The average Bonchev–Trinajstić information content (AvgIpc) is 2.34. The molecule has 0 saturated carbocycles. The molecule has 18 heavy (non-hydrogen) atoms. The van der Waals surface area contributed by atoms with Crippen molar-refractivity contribution in [2.45, 2.75) is 13.0 Å². The second kappa shape index (κ2) is 4.74. The lowest BCUT2D eigenvalue weighted by Gasteiger charge is -2.15. The lowest BCUT2D eigenvalue weighted by molar-refractivity contribution is 0.215. The summed E-state index contributed by atoms with van der Waals surface area (Å²) < 4.78 is 26.8. The van der Waals surface area contributed by atoms with Crippen LogP contribution in [0.25, 0.3) is 0 Å². The highest BCUT2D eigenvalue weighted by molar-refractivity contribution is 5.51. The van der Waals surface area contributed by atoms with Crippen molar-refractivity contribution in [3.8, 4) is 0 Å². The molecule has 2 nitrogen and oxygen atoms in total. The summed E-state index contributed by atoms with van der Waals surface area (Å²) in [6.07, 6.45) is -1.28. The number of nitrogens with two attached hydrogens (primary N) is 1. The number of benzene rings is 2. The molecule has 2 rings (SSSR count). The Balaban J connectivity index is 2.50. The molecule has 0 fully saturated rings. The first-order chi connectivity index (χ1) is 8.49. The Bertz CT molecular complexity index is 533. The second-order valence-corrected chi connectivity index (χ2v) is 4.20. The van der Waals surface area contributed by atoms with Crippen LogP contribution in [0.1, 0.15) is 22.8 Å². The van der Waals surface area contributed by atoms with Gasteiger partial charge in [-0.1, -0.05) is 17.7 Å². The van der Waals surface area contributed by atoms with Gasteiger partial charge in [-0.2, -0.15) is 0 Å². The largest absolute Gasteiger partial charge is 0.398 e. The van der Waals surface area contributed by atoms with E-state index in [-0.39, 0.29) is 16.8 Å². The van der Waals surface area contributed by atoms with Gasteiger partial charge in [-0.05, 0) is 31.2 Å². The van der Waals surface area contributed by atoms with Crippen molar-refractivity contribution in [2.75, 3.05) is 5.73 Å². The van der Waals surface area contributed by atoms with Gasteiger partial charge in [0, 0.05) is 16.8 Å². The third-order valence-electron chi connectivity index (χ3n) is 2.79. The van der Waals surface area contributed by atoms with E-state index in [1.54, 1.807) is 13.0 Å². The summed E-state index contributed by atoms with van der Waals surface area (Å²) in [4.78, 5) is 0. The van der Waals surface area contributed by atoms with Crippen molar-refractivity contribution in [1.82, 2.24) is 0 Å². The van der Waals surface area contributed by atoms with E-state index < -0.39 is 17.7 Å². The maximum Gasteiger partial charge on any atom is 0.129 e. The van der Waals surface area contributed by atoms with Gasteiger partial charge in [-0.15, -0.1) is 0 Å². The Morgan fingerprint density at radius 1 is 1.06 bits per heavy atom. The zero-order valence-electron chi connectivity index (χ0n) is 9.82. The highest BCUT2D eigenvalue weighted by atomic mass is 19.1. The topological polar surface area (TPSA) is 46.2 Å². The van der Waals surface area contributed by atoms with E-state index in [4.69, 9.17) is 5.73 Å². The highest BCUT2D eigenvalue weighted by Gasteiger charge is 2.18. The first kappa shape index (κ1) is 12.5. The van der Waals surface area contributed by atoms with E-state index in [9.17, 15) is 13.9 Å². The van der Waals surface area contributed by atoms with Crippen LogP contribution in [0.4, 0.5) is 14.5 Å². The third-order valence-corrected chi connectivity index (χ3v) is 2.79. The molecule has 4 heteroatoms. The molecule has 0 spiro atoms. The van der Waals surface area contributed by atoms with Gasteiger partial charge in [-0.25, -0.2) is 8.78 Å². The molecule has 0 aliphatic heterocycles. The number of aryl methyl sites for hydroxylation is 1. The maximum atomic E-state index is 13.6. The predicted molar refractivity (Wildman–Crippen MR) is 66.0 cm³/mol. The summed E-state index contributed by atoms with van der Waals surface area (Å²) in [5.74, 6) is -1.07. The highest BCUT2D eigenvalue weighted by Crippen LogP contribution is 2.29. The number of halogens is 2. The molecule has 0 radical (unpaired) electrons. The summed E-state index contributed by atoms with van der Waals surface area (Å²) in [7, 11) is 0. The Morgan fingerprint density at radius 2 is 1.78 bits per heavy atom. The number of aliphatic hydroxyl groups excluding tert-OH is 1. The van der Waals surface area contributed by atoms with Gasteiger partial charge in [0.2, 0.25) is 0 Å². The number of nitrogen functional groups attached to an aromatic ring is 1. The average molecular weight is 249 g/mol. The Morgan fingerprint density at radius 3 is 2.50 bits per heavy atom. The Labute approximate surface area is 104 Å². The maximum absolute atomic E-state index is 13.6. The molecule has 2 aromatic rings. The quantitative estimate of drug-likeness (QED) is 0.804. The fourth-order valence-corrected chi connectivity index (χ4v) is 1.82. The van der Waals surface area contributed by atoms with E-state index in [2.05, 4.69) is 0 Å². The van der Waals surface area contributed by atoms with Gasteiger partial charge in [0.25, 0.3) is 0 Å². The van der Waals surface area contributed by atoms with Crippen molar-refractivity contribution in [3.63, 3.8) is 0 Å². The summed E-state index contributed by atoms with van der Waals surface area (Å²) in [6.45, 7) is 1.78. The van der Waals surface area contributed by atoms with Crippen molar-refractivity contribution in [1.29, 1.82) is 0 Å². The molecule has 0 bridgehead atoms. The molecule has 0 heterocycles. The van der Waals surface area contributed by atoms with E-state index in [1.807, 2.05) is 0 Å². The van der Waals surface area contributed by atoms with Crippen LogP contribution in [0, 0.1) is 18.6 Å². The molecule has 1 atom stereocenters. The first-order valence-electron chi connectivity index (χ1n) is 5.48. The van der Waals surface area contributed by atoms with E-state index >= 15 is 0 Å². The lowest BCUT2D eigenvalue weighted by Crippen LogP contribution is -2.06. The van der Waals surface area contributed by atoms with Gasteiger partial charge in [0.1, 0.15) is 17.7 Å². The monoisotopic (exact) mass is 249 g/mol. The fourth-order valence-electron chi connectivity index (χ4n) is 1.82. The lowest BCUT2D eigenvalue weighted by atomic mass is 9.98. The standard InChI is InChI=1S/C14H13F2NO/c1-8-2-4-12(16)10(6-8)14(18)11-7-9(15)3-5-13(11)17/h2-7,14,18H,17H2,1H3. The first-order valence-corrected chi connectivity index (χ1v) is 5.48. The van der Waals surface area contributed by atoms with Gasteiger partial charge < -0.3 is 10.8 Å². The molecule has 0 saturated heterocycles. The molecule has 2 aromatic carbocycles. The van der Waals surface area contributed by atoms with Crippen LogP contribution in [0.5, 0.6) is 0 Å². The smallest absolute Gasteiger partial charge is 0.129 e. The minimum Gasteiger partial charge on any atom is -0.398 e. The van der Waals surface area contributed by atoms with Crippen LogP contribution in [-0.2, 0) is 0 Å². The van der Waals surface area contributed by atoms with E-state index in [0.717, 1.165) is 11.6 Å². The molecule has 0 aliphatic carbocycles. The van der Waals surface area contributed by atoms with Gasteiger partial charge in [-0.3, -0.25) is 0 Å². The molecule has 1 unspecified atom stereocenters. The number of hydrogen-bond acceptors (Lipinski definition) is 2.